The zero-order valence-corrected chi connectivity index (χ0v) is 8.82. The maximum absolute atomic E-state index is 5.07. The van der Waals surface area contributed by atoms with Crippen LogP contribution in [0.15, 0.2) is 6.20 Å². The largest absolute Gasteiger partial charge is 0.299 e. The smallest absolute Gasteiger partial charge is 0.0937 e. The maximum atomic E-state index is 5.07. The summed E-state index contributed by atoms with van der Waals surface area (Å²) in [6.45, 7) is 7.85. The summed E-state index contributed by atoms with van der Waals surface area (Å²) in [5, 5.41) is 8.27. The molecular weight excluding hydrogens is 180 g/mol. The number of hydrogen-bond acceptors (Lipinski definition) is 4. The van der Waals surface area contributed by atoms with Crippen LogP contribution in [0.5, 0.6) is 0 Å². The lowest BCUT2D eigenvalue weighted by Crippen LogP contribution is -2.15. The van der Waals surface area contributed by atoms with Crippen LogP contribution in [0.2, 0.25) is 0 Å². The minimum Gasteiger partial charge on any atom is -0.299 e. The molecule has 78 valence electrons. The zero-order valence-electron chi connectivity index (χ0n) is 8.82. The van der Waals surface area contributed by atoms with Gasteiger partial charge in [0, 0.05) is 18.2 Å². The second kappa shape index (κ2) is 3.33. The molecule has 2 rings (SSSR count). The molecule has 1 aliphatic heterocycles. The van der Waals surface area contributed by atoms with Crippen LogP contribution in [0.4, 0.5) is 0 Å². The molecule has 1 saturated heterocycles. The van der Waals surface area contributed by atoms with Gasteiger partial charge in [-0.25, -0.2) is 10.2 Å². The fraction of sp³-hybridized carbons (Fsp3) is 0.778. The lowest BCUT2D eigenvalue weighted by molar-refractivity contribution is 0.0968. The predicted molar refractivity (Wildman–Crippen MR) is 51.7 cm³/mol. The Morgan fingerprint density at radius 2 is 2.36 bits per heavy atom. The molecular formula is C9H16N4O. The van der Waals surface area contributed by atoms with Crippen molar-refractivity contribution in [3.63, 3.8) is 0 Å². The van der Waals surface area contributed by atoms with Crippen LogP contribution in [0.1, 0.15) is 32.5 Å². The molecule has 2 heterocycles. The number of hydrogen-bond donors (Lipinski definition) is 1. The molecule has 1 fully saturated rings. The van der Waals surface area contributed by atoms with Crippen LogP contribution in [0, 0.1) is 0 Å². The van der Waals surface area contributed by atoms with Crippen LogP contribution in [0.25, 0.3) is 0 Å². The Balaban J connectivity index is 2.17. The van der Waals surface area contributed by atoms with Crippen molar-refractivity contribution in [2.45, 2.75) is 32.2 Å². The molecule has 5 heteroatoms. The normalized spacial score (nSPS) is 22.9. The highest BCUT2D eigenvalue weighted by atomic mass is 16.7. The molecule has 0 aromatic carbocycles. The fourth-order valence-corrected chi connectivity index (χ4v) is 1.34. The number of hydroxylamine groups is 1. The summed E-state index contributed by atoms with van der Waals surface area (Å²) >= 11 is 0. The van der Waals surface area contributed by atoms with E-state index in [2.05, 4.69) is 36.6 Å². The standard InChI is InChI=1S/C9H16N4O/c1-9(2,3)8-5-13(12-11-8)7-4-10-14-6-7/h5,7,10H,4,6H2,1-3H3/t7-/m0/s1. The van der Waals surface area contributed by atoms with Gasteiger partial charge < -0.3 is 0 Å². The molecule has 0 aliphatic carbocycles. The van der Waals surface area contributed by atoms with E-state index in [0.29, 0.717) is 6.61 Å². The lowest BCUT2D eigenvalue weighted by Gasteiger charge is -2.13. The fourth-order valence-electron chi connectivity index (χ4n) is 1.34. The van der Waals surface area contributed by atoms with Gasteiger partial charge in [-0.05, 0) is 0 Å². The summed E-state index contributed by atoms with van der Waals surface area (Å²) in [5.41, 5.74) is 3.91. The Labute approximate surface area is 83.4 Å². The van der Waals surface area contributed by atoms with Crippen LogP contribution < -0.4 is 5.48 Å². The molecule has 0 bridgehead atoms. The van der Waals surface area contributed by atoms with E-state index in [1.165, 1.54) is 0 Å². The minimum absolute atomic E-state index is 0.0607. The van der Waals surface area contributed by atoms with Crippen molar-refractivity contribution >= 4 is 0 Å². The zero-order chi connectivity index (χ0) is 10.2. The van der Waals surface area contributed by atoms with E-state index < -0.39 is 0 Å². The average molecular weight is 196 g/mol. The van der Waals surface area contributed by atoms with Gasteiger partial charge in [0.1, 0.15) is 0 Å². The maximum Gasteiger partial charge on any atom is 0.0937 e. The van der Waals surface area contributed by atoms with Crippen molar-refractivity contribution in [2.24, 2.45) is 0 Å². The first-order valence-electron chi connectivity index (χ1n) is 4.84. The van der Waals surface area contributed by atoms with E-state index in [4.69, 9.17) is 4.84 Å². The first-order chi connectivity index (χ1) is 6.57. The molecule has 1 atom stereocenters. The Bertz CT molecular complexity index is 309. The molecule has 1 aliphatic rings. The first-order valence-corrected chi connectivity index (χ1v) is 4.84. The summed E-state index contributed by atoms with van der Waals surface area (Å²) < 4.78 is 1.88. The van der Waals surface area contributed by atoms with Gasteiger partial charge in [0.15, 0.2) is 0 Å². The van der Waals surface area contributed by atoms with Crippen LogP contribution in [-0.2, 0) is 10.3 Å². The number of nitrogens with one attached hydrogen (secondary N) is 1. The monoisotopic (exact) mass is 196 g/mol. The van der Waals surface area contributed by atoms with Crippen molar-refractivity contribution in [3.8, 4) is 0 Å². The Morgan fingerprint density at radius 3 is 2.86 bits per heavy atom. The van der Waals surface area contributed by atoms with Gasteiger partial charge in [-0.2, -0.15) is 0 Å². The quantitative estimate of drug-likeness (QED) is 0.716. The van der Waals surface area contributed by atoms with Crippen molar-refractivity contribution in [2.75, 3.05) is 13.2 Å². The SMILES string of the molecule is CC(C)(C)c1cn([C@H]2CNOC2)nn1. The van der Waals surface area contributed by atoms with E-state index >= 15 is 0 Å². The highest BCUT2D eigenvalue weighted by molar-refractivity contribution is 5.06. The minimum atomic E-state index is 0.0607. The van der Waals surface area contributed by atoms with Crippen LogP contribution in [-0.4, -0.2) is 28.1 Å². The van der Waals surface area contributed by atoms with Gasteiger partial charge in [0.2, 0.25) is 0 Å². The van der Waals surface area contributed by atoms with Crippen molar-refractivity contribution in [1.82, 2.24) is 20.5 Å². The lowest BCUT2D eigenvalue weighted by atomic mass is 9.93. The molecule has 1 N–H and O–H groups in total. The molecule has 14 heavy (non-hydrogen) atoms. The summed E-state index contributed by atoms with van der Waals surface area (Å²) in [5.74, 6) is 0. The molecule has 0 radical (unpaired) electrons. The third-order valence-corrected chi connectivity index (χ3v) is 2.35. The molecule has 1 aromatic rings. The molecule has 0 amide bonds. The topological polar surface area (TPSA) is 52.0 Å². The summed E-state index contributed by atoms with van der Waals surface area (Å²) in [7, 11) is 0. The average Bonchev–Trinajstić information content (AvgIpc) is 2.73. The summed E-state index contributed by atoms with van der Waals surface area (Å²) in [6, 6.07) is 0.276. The first kappa shape index (κ1) is 9.61. The van der Waals surface area contributed by atoms with Crippen LogP contribution in [0.3, 0.4) is 0 Å². The van der Waals surface area contributed by atoms with Gasteiger partial charge in [-0.1, -0.05) is 26.0 Å². The molecule has 0 spiro atoms. The second-order valence-electron chi connectivity index (χ2n) is 4.65. The highest BCUT2D eigenvalue weighted by Gasteiger charge is 2.22. The Hall–Kier alpha value is -0.940. The van der Waals surface area contributed by atoms with E-state index in [9.17, 15) is 0 Å². The molecule has 5 nitrogen and oxygen atoms in total. The highest BCUT2D eigenvalue weighted by Crippen LogP contribution is 2.20. The van der Waals surface area contributed by atoms with Gasteiger partial charge in [0.05, 0.1) is 18.3 Å². The molecule has 0 unspecified atom stereocenters. The van der Waals surface area contributed by atoms with Crippen LogP contribution >= 0.6 is 0 Å². The van der Waals surface area contributed by atoms with E-state index in [1.807, 2.05) is 10.9 Å². The van der Waals surface area contributed by atoms with E-state index in [1.54, 1.807) is 0 Å². The third kappa shape index (κ3) is 1.78. The van der Waals surface area contributed by atoms with Crippen molar-refractivity contribution < 1.29 is 4.84 Å². The van der Waals surface area contributed by atoms with Gasteiger partial charge in [0.25, 0.3) is 0 Å². The molecule has 1 aromatic heterocycles. The van der Waals surface area contributed by atoms with E-state index in [0.717, 1.165) is 12.2 Å². The predicted octanol–water partition coefficient (Wildman–Crippen LogP) is 0.651. The van der Waals surface area contributed by atoms with Crippen molar-refractivity contribution in [3.05, 3.63) is 11.9 Å². The Morgan fingerprint density at radius 1 is 1.57 bits per heavy atom. The number of aromatic nitrogens is 3. The number of rotatable bonds is 1. The summed E-state index contributed by atoms with van der Waals surface area (Å²) in [6.07, 6.45) is 2.00. The Kier molecular flexibility index (Phi) is 2.28. The third-order valence-electron chi connectivity index (χ3n) is 2.35. The van der Waals surface area contributed by atoms with E-state index in [-0.39, 0.29) is 11.5 Å². The van der Waals surface area contributed by atoms with Gasteiger partial charge in [-0.3, -0.25) is 4.84 Å². The van der Waals surface area contributed by atoms with Gasteiger partial charge >= 0.3 is 0 Å². The van der Waals surface area contributed by atoms with Crippen molar-refractivity contribution in [1.29, 1.82) is 0 Å². The van der Waals surface area contributed by atoms with Gasteiger partial charge in [-0.15, -0.1) is 5.10 Å². The summed E-state index contributed by atoms with van der Waals surface area (Å²) in [4.78, 5) is 5.07. The number of nitrogens with zero attached hydrogens (tertiary/aromatic N) is 3. The molecule has 0 saturated carbocycles. The second-order valence-corrected chi connectivity index (χ2v) is 4.65.